The maximum absolute atomic E-state index is 12.9. The van der Waals surface area contributed by atoms with Crippen LogP contribution in [0.3, 0.4) is 0 Å². The van der Waals surface area contributed by atoms with Crippen molar-refractivity contribution in [1.82, 2.24) is 10.0 Å². The van der Waals surface area contributed by atoms with E-state index in [1.807, 2.05) is 20.8 Å². The molecule has 0 spiro atoms. The minimum atomic E-state index is -5.20. The average Bonchev–Trinajstić information content (AvgIpc) is 2.65. The zero-order chi connectivity index (χ0) is 26.5. The third-order valence-electron chi connectivity index (χ3n) is 4.63. The molecule has 2 unspecified atom stereocenters. The predicted octanol–water partition coefficient (Wildman–Crippen LogP) is 3.73. The number of rotatable bonds is 4. The molecule has 0 aliphatic carbocycles. The number of carbonyl (C=O) groups is 2. The molecule has 2 N–H and O–H groups in total. The molecule has 1 saturated heterocycles. The highest BCUT2D eigenvalue weighted by molar-refractivity contribution is 7.90. The number of hydrogen-bond donors (Lipinski definition) is 2. The lowest BCUT2D eigenvalue weighted by molar-refractivity contribution is -0.143. The van der Waals surface area contributed by atoms with Crippen molar-refractivity contribution < 1.29 is 49.1 Å². The summed E-state index contributed by atoms with van der Waals surface area (Å²) in [6.45, 7) is 8.46. The van der Waals surface area contributed by atoms with Gasteiger partial charge < -0.3 is 10.1 Å². The highest BCUT2D eigenvalue weighted by Crippen LogP contribution is 2.37. The second-order valence-corrected chi connectivity index (χ2v) is 10.3. The van der Waals surface area contributed by atoms with Gasteiger partial charge in [-0.05, 0) is 64.4 Å². The summed E-state index contributed by atoms with van der Waals surface area (Å²) < 4.78 is 108. The summed E-state index contributed by atoms with van der Waals surface area (Å²) in [6, 6.07) is -0.0524. The number of alkyl halides is 6. The van der Waals surface area contributed by atoms with Gasteiger partial charge in [-0.25, -0.2) is 13.1 Å². The Kier molecular flexibility index (Phi) is 9.54. The largest absolute Gasteiger partial charge is 0.462 e. The Balaban J connectivity index is 0.000000718. The monoisotopic (exact) mass is 520 g/mol. The molecule has 0 bridgehead atoms. The SMILES string of the molecule is CC(C)(C)OC=O.CC1CNCCC1C(=O)NS(=O)(=O)c1cc(C(F)(F)F)cc(C(F)(F)F)c1. The van der Waals surface area contributed by atoms with Gasteiger partial charge in [-0.2, -0.15) is 26.3 Å². The van der Waals surface area contributed by atoms with Gasteiger partial charge in [0.1, 0.15) is 5.60 Å². The maximum atomic E-state index is 12.9. The standard InChI is InChI=1S/C15H16F6N2O3S.C5H10O2/c1-8-7-22-3-2-12(8)13(24)23-27(25,26)11-5-9(14(16,17)18)4-10(6-11)15(19,20)21;1-5(2,3)7-4-6/h4-6,8,12,22H,2-3,7H2,1H3,(H,23,24);4H,1-3H3. The van der Waals surface area contributed by atoms with Crippen LogP contribution in [0.25, 0.3) is 0 Å². The fourth-order valence-electron chi connectivity index (χ4n) is 2.90. The minimum absolute atomic E-state index is 0.0662. The van der Waals surface area contributed by atoms with Crippen LogP contribution in [0, 0.1) is 11.8 Å². The van der Waals surface area contributed by atoms with E-state index in [1.54, 1.807) is 11.6 Å². The van der Waals surface area contributed by atoms with E-state index >= 15 is 0 Å². The lowest BCUT2D eigenvalue weighted by Crippen LogP contribution is -2.45. The van der Waals surface area contributed by atoms with Gasteiger partial charge in [0.2, 0.25) is 5.91 Å². The van der Waals surface area contributed by atoms with Crippen LogP contribution in [0.2, 0.25) is 0 Å². The number of sulfonamides is 1. The Morgan fingerprint density at radius 2 is 1.56 bits per heavy atom. The van der Waals surface area contributed by atoms with Crippen molar-refractivity contribution in [2.75, 3.05) is 13.1 Å². The number of benzene rings is 1. The zero-order valence-corrected chi connectivity index (χ0v) is 19.6. The molecule has 0 saturated carbocycles. The minimum Gasteiger partial charge on any atom is -0.462 e. The van der Waals surface area contributed by atoms with E-state index in [1.165, 1.54) is 0 Å². The second-order valence-electron chi connectivity index (χ2n) is 8.61. The first-order chi connectivity index (χ1) is 15.3. The molecule has 1 aliphatic heterocycles. The van der Waals surface area contributed by atoms with Crippen molar-refractivity contribution in [2.24, 2.45) is 11.8 Å². The zero-order valence-electron chi connectivity index (χ0n) is 18.8. The summed E-state index contributed by atoms with van der Waals surface area (Å²) in [5, 5.41) is 2.98. The summed E-state index contributed by atoms with van der Waals surface area (Å²) in [4.78, 5) is 20.5. The van der Waals surface area contributed by atoms with Crippen molar-refractivity contribution in [3.63, 3.8) is 0 Å². The molecule has 1 aromatic carbocycles. The van der Waals surface area contributed by atoms with Gasteiger partial charge in [-0.3, -0.25) is 9.59 Å². The number of carbonyl (C=O) groups excluding carboxylic acids is 2. The van der Waals surface area contributed by atoms with E-state index in [2.05, 4.69) is 10.1 Å². The molecular formula is C20H26F6N2O5S. The number of ether oxygens (including phenoxy) is 1. The Bertz CT molecular complexity index is 939. The Labute approximate surface area is 193 Å². The van der Waals surface area contributed by atoms with Gasteiger partial charge in [-0.1, -0.05) is 6.92 Å². The Morgan fingerprint density at radius 3 is 1.91 bits per heavy atom. The summed E-state index contributed by atoms with van der Waals surface area (Å²) in [5.41, 5.74) is -3.87. The van der Waals surface area contributed by atoms with Crippen LogP contribution >= 0.6 is 0 Å². The maximum Gasteiger partial charge on any atom is 0.416 e. The second kappa shape index (κ2) is 10.9. The Morgan fingerprint density at radius 1 is 1.06 bits per heavy atom. The third-order valence-corrected chi connectivity index (χ3v) is 5.96. The smallest absolute Gasteiger partial charge is 0.416 e. The lowest BCUT2D eigenvalue weighted by Gasteiger charge is -2.28. The van der Waals surface area contributed by atoms with Crippen LogP contribution in [0.5, 0.6) is 0 Å². The molecule has 34 heavy (non-hydrogen) atoms. The van der Waals surface area contributed by atoms with Crippen LogP contribution < -0.4 is 10.0 Å². The van der Waals surface area contributed by atoms with Gasteiger partial charge in [0, 0.05) is 5.92 Å². The highest BCUT2D eigenvalue weighted by Gasteiger charge is 2.39. The number of hydrogen-bond acceptors (Lipinski definition) is 6. The first kappa shape index (κ1) is 29.7. The first-order valence-corrected chi connectivity index (χ1v) is 11.4. The van der Waals surface area contributed by atoms with Crippen LogP contribution in [0.15, 0.2) is 23.1 Å². The van der Waals surface area contributed by atoms with Crippen molar-refractivity contribution in [3.8, 4) is 0 Å². The molecule has 0 radical (unpaired) electrons. The van der Waals surface area contributed by atoms with E-state index in [9.17, 15) is 44.3 Å². The summed E-state index contributed by atoms with van der Waals surface area (Å²) >= 11 is 0. The lowest BCUT2D eigenvalue weighted by atomic mass is 9.87. The Hall–Kier alpha value is -2.35. The molecule has 2 atom stereocenters. The van der Waals surface area contributed by atoms with Crippen LogP contribution in [-0.4, -0.2) is 39.5 Å². The fraction of sp³-hybridized carbons (Fsp3) is 0.600. The van der Waals surface area contributed by atoms with Crippen LogP contribution in [0.1, 0.15) is 45.2 Å². The van der Waals surface area contributed by atoms with Gasteiger partial charge in [0.05, 0.1) is 16.0 Å². The van der Waals surface area contributed by atoms with Crippen molar-refractivity contribution in [1.29, 1.82) is 0 Å². The van der Waals surface area contributed by atoms with Crippen molar-refractivity contribution in [3.05, 3.63) is 29.3 Å². The average molecular weight is 520 g/mol. The molecular weight excluding hydrogens is 494 g/mol. The summed E-state index contributed by atoms with van der Waals surface area (Å²) in [6.07, 6.45) is -10.1. The molecule has 194 valence electrons. The molecule has 1 heterocycles. The van der Waals surface area contributed by atoms with Crippen LogP contribution in [-0.2, 0) is 36.7 Å². The number of halogens is 6. The molecule has 0 aromatic heterocycles. The van der Waals surface area contributed by atoms with E-state index in [0.717, 1.165) is 0 Å². The molecule has 2 rings (SSSR count). The van der Waals surface area contributed by atoms with Gasteiger partial charge >= 0.3 is 12.4 Å². The van der Waals surface area contributed by atoms with Gasteiger partial charge in [0.15, 0.2) is 0 Å². The van der Waals surface area contributed by atoms with Crippen LogP contribution in [0.4, 0.5) is 26.3 Å². The molecule has 14 heteroatoms. The van der Waals surface area contributed by atoms with E-state index < -0.39 is 50.2 Å². The number of nitrogens with one attached hydrogen (secondary N) is 2. The first-order valence-electron chi connectivity index (χ1n) is 9.96. The summed E-state index contributed by atoms with van der Waals surface area (Å²) in [7, 11) is -4.92. The number of amides is 1. The van der Waals surface area contributed by atoms with E-state index in [-0.39, 0.29) is 29.7 Å². The predicted molar refractivity (Wildman–Crippen MR) is 109 cm³/mol. The normalized spacial score (nSPS) is 19.5. The van der Waals surface area contributed by atoms with E-state index in [0.29, 0.717) is 26.0 Å². The molecule has 1 amide bonds. The van der Waals surface area contributed by atoms with Crippen molar-refractivity contribution in [2.45, 2.75) is 57.0 Å². The van der Waals surface area contributed by atoms with E-state index in [4.69, 9.17) is 0 Å². The molecule has 1 aliphatic rings. The molecule has 7 nitrogen and oxygen atoms in total. The topological polar surface area (TPSA) is 102 Å². The molecule has 1 fully saturated rings. The number of piperidine rings is 1. The molecule has 1 aromatic rings. The summed E-state index contributed by atoms with van der Waals surface area (Å²) in [5.74, 6) is -1.94. The fourth-order valence-corrected chi connectivity index (χ4v) is 3.99. The highest BCUT2D eigenvalue weighted by atomic mass is 32.2. The van der Waals surface area contributed by atoms with Gasteiger partial charge in [-0.15, -0.1) is 0 Å². The van der Waals surface area contributed by atoms with Gasteiger partial charge in [0.25, 0.3) is 16.5 Å². The quantitative estimate of drug-likeness (QED) is 0.464. The third kappa shape index (κ3) is 9.12. The van der Waals surface area contributed by atoms with Crippen molar-refractivity contribution >= 4 is 22.4 Å².